The molecule has 2 rings (SSSR count). The van der Waals surface area contributed by atoms with Crippen molar-refractivity contribution in [3.05, 3.63) is 68.4 Å². The zero-order valence-electron chi connectivity index (χ0n) is 10.2. The van der Waals surface area contributed by atoms with Gasteiger partial charge in [0.1, 0.15) is 11.9 Å². The fourth-order valence-corrected chi connectivity index (χ4v) is 1.66. The van der Waals surface area contributed by atoms with Gasteiger partial charge in [-0.15, -0.1) is 0 Å². The van der Waals surface area contributed by atoms with Crippen molar-refractivity contribution in [2.45, 2.75) is 6.54 Å². The van der Waals surface area contributed by atoms with Crippen LogP contribution in [0.2, 0.25) is 0 Å². The van der Waals surface area contributed by atoms with E-state index in [-0.39, 0.29) is 23.7 Å². The third kappa shape index (κ3) is 3.05. The topological polar surface area (TPSA) is 111 Å². The summed E-state index contributed by atoms with van der Waals surface area (Å²) in [5.41, 5.74) is 0.895. The molecule has 1 aromatic carbocycles. The molecule has 0 bridgehead atoms. The van der Waals surface area contributed by atoms with Gasteiger partial charge in [-0.25, -0.2) is 0 Å². The number of nitro groups is 2. The minimum Gasteiger partial charge on any atom is -0.374 e. The average molecular weight is 274 g/mol. The van der Waals surface area contributed by atoms with E-state index in [1.54, 1.807) is 18.2 Å². The Kier molecular flexibility index (Phi) is 3.85. The predicted octanol–water partition coefficient (Wildman–Crippen LogP) is 2.51. The summed E-state index contributed by atoms with van der Waals surface area (Å²) >= 11 is 0. The molecule has 1 heterocycles. The van der Waals surface area contributed by atoms with E-state index in [0.717, 1.165) is 0 Å². The quantitative estimate of drug-likeness (QED) is 0.662. The van der Waals surface area contributed by atoms with Gasteiger partial charge < -0.3 is 15.4 Å². The van der Waals surface area contributed by atoms with Crippen LogP contribution in [0.15, 0.2) is 42.6 Å². The summed E-state index contributed by atoms with van der Waals surface area (Å²) in [6.45, 7) is 0.230. The second kappa shape index (κ2) is 5.74. The first-order valence-electron chi connectivity index (χ1n) is 5.64. The molecule has 0 amide bonds. The van der Waals surface area contributed by atoms with Crippen LogP contribution in [0.4, 0.5) is 17.2 Å². The van der Waals surface area contributed by atoms with Gasteiger partial charge >= 0.3 is 5.82 Å². The number of nitro benzene ring substituents is 1. The van der Waals surface area contributed by atoms with E-state index < -0.39 is 9.85 Å². The lowest BCUT2D eigenvalue weighted by Gasteiger charge is -2.06. The minimum atomic E-state index is -0.588. The Labute approximate surface area is 113 Å². The van der Waals surface area contributed by atoms with Crippen molar-refractivity contribution in [3.8, 4) is 0 Å². The van der Waals surface area contributed by atoms with Crippen molar-refractivity contribution in [2.24, 2.45) is 0 Å². The molecule has 0 radical (unpaired) electrons. The summed E-state index contributed by atoms with van der Waals surface area (Å²) in [5.74, 6) is -0.280. The summed E-state index contributed by atoms with van der Waals surface area (Å²) < 4.78 is 0. The lowest BCUT2D eigenvalue weighted by molar-refractivity contribution is -0.388. The maximum atomic E-state index is 10.8. The van der Waals surface area contributed by atoms with Crippen molar-refractivity contribution < 1.29 is 9.85 Å². The van der Waals surface area contributed by atoms with E-state index in [9.17, 15) is 20.2 Å². The molecule has 20 heavy (non-hydrogen) atoms. The number of nitrogens with zero attached hydrogens (tertiary/aromatic N) is 3. The molecular weight excluding hydrogens is 264 g/mol. The molecule has 0 fully saturated rings. The molecule has 0 aliphatic rings. The van der Waals surface area contributed by atoms with Gasteiger partial charge in [0.05, 0.1) is 4.92 Å². The van der Waals surface area contributed by atoms with Crippen LogP contribution >= 0.6 is 0 Å². The summed E-state index contributed by atoms with van der Waals surface area (Å²) in [6.07, 6.45) is 1.33. The number of anilines is 1. The van der Waals surface area contributed by atoms with E-state index in [1.807, 2.05) is 0 Å². The Morgan fingerprint density at radius 1 is 1.10 bits per heavy atom. The normalized spacial score (nSPS) is 10.0. The molecule has 0 spiro atoms. The number of non-ortho nitro benzene ring substituents is 1. The first kappa shape index (κ1) is 13.4. The highest BCUT2D eigenvalue weighted by Crippen LogP contribution is 2.21. The number of hydrogen-bond donors (Lipinski definition) is 1. The van der Waals surface area contributed by atoms with Crippen LogP contribution < -0.4 is 5.32 Å². The first-order chi connectivity index (χ1) is 9.58. The summed E-state index contributed by atoms with van der Waals surface area (Å²) in [5, 5.41) is 24.3. The van der Waals surface area contributed by atoms with Crippen LogP contribution in [0.1, 0.15) is 5.56 Å². The second-order valence-corrected chi connectivity index (χ2v) is 3.91. The van der Waals surface area contributed by atoms with E-state index in [2.05, 4.69) is 10.3 Å². The molecular formula is C12H10N4O4. The molecule has 102 valence electrons. The molecule has 0 saturated carbocycles. The standard InChI is InChI=1S/C12H10N4O4/c17-15(18)10-4-1-3-9(7-10)8-14-11-5-2-6-13-12(11)16(19)20/h1-7,14H,8H2. The fourth-order valence-electron chi connectivity index (χ4n) is 1.66. The number of pyridine rings is 1. The Bertz CT molecular complexity index is 659. The van der Waals surface area contributed by atoms with Gasteiger partial charge in [0.25, 0.3) is 5.69 Å². The Morgan fingerprint density at radius 3 is 2.60 bits per heavy atom. The van der Waals surface area contributed by atoms with Crippen LogP contribution in [0.3, 0.4) is 0 Å². The highest BCUT2D eigenvalue weighted by Gasteiger charge is 2.13. The first-order valence-corrected chi connectivity index (χ1v) is 5.64. The number of aromatic nitrogens is 1. The van der Waals surface area contributed by atoms with E-state index in [1.165, 1.54) is 24.4 Å². The molecule has 0 unspecified atom stereocenters. The van der Waals surface area contributed by atoms with Gasteiger partial charge in [-0.05, 0) is 27.6 Å². The lowest BCUT2D eigenvalue weighted by Crippen LogP contribution is -2.04. The van der Waals surface area contributed by atoms with Crippen molar-refractivity contribution in [2.75, 3.05) is 5.32 Å². The number of nitrogens with one attached hydrogen (secondary N) is 1. The van der Waals surface area contributed by atoms with Crippen molar-refractivity contribution in [1.82, 2.24) is 4.98 Å². The van der Waals surface area contributed by atoms with E-state index >= 15 is 0 Å². The van der Waals surface area contributed by atoms with Gasteiger partial charge in [0.15, 0.2) is 0 Å². The Morgan fingerprint density at radius 2 is 1.90 bits per heavy atom. The largest absolute Gasteiger partial charge is 0.386 e. The third-order valence-electron chi connectivity index (χ3n) is 2.56. The highest BCUT2D eigenvalue weighted by atomic mass is 16.6. The van der Waals surface area contributed by atoms with Gasteiger partial charge in [-0.1, -0.05) is 12.1 Å². The van der Waals surface area contributed by atoms with Crippen molar-refractivity contribution in [3.63, 3.8) is 0 Å². The minimum absolute atomic E-state index is 0.0232. The fraction of sp³-hybridized carbons (Fsp3) is 0.0833. The van der Waals surface area contributed by atoms with Crippen molar-refractivity contribution >= 4 is 17.2 Å². The molecule has 2 aromatic rings. The van der Waals surface area contributed by atoms with Gasteiger partial charge in [-0.2, -0.15) is 0 Å². The van der Waals surface area contributed by atoms with Crippen LogP contribution in [0.25, 0.3) is 0 Å². The van der Waals surface area contributed by atoms with Crippen LogP contribution in [-0.2, 0) is 6.54 Å². The molecule has 0 saturated heterocycles. The zero-order valence-corrected chi connectivity index (χ0v) is 10.2. The number of rotatable bonds is 5. The number of hydrogen-bond acceptors (Lipinski definition) is 6. The smallest absolute Gasteiger partial charge is 0.374 e. The Hall–Kier alpha value is -3.03. The summed E-state index contributed by atoms with van der Waals surface area (Å²) in [4.78, 5) is 24.0. The molecule has 0 aliphatic carbocycles. The van der Waals surface area contributed by atoms with E-state index in [0.29, 0.717) is 5.56 Å². The molecule has 8 nitrogen and oxygen atoms in total. The predicted molar refractivity (Wildman–Crippen MR) is 71.3 cm³/mol. The van der Waals surface area contributed by atoms with Crippen LogP contribution in [-0.4, -0.2) is 14.8 Å². The molecule has 0 atom stereocenters. The van der Waals surface area contributed by atoms with Crippen LogP contribution in [0.5, 0.6) is 0 Å². The van der Waals surface area contributed by atoms with Crippen molar-refractivity contribution in [1.29, 1.82) is 0 Å². The van der Waals surface area contributed by atoms with Gasteiger partial charge in [0.2, 0.25) is 0 Å². The Balaban J connectivity index is 2.15. The molecule has 0 aliphatic heterocycles. The maximum Gasteiger partial charge on any atom is 0.386 e. The second-order valence-electron chi connectivity index (χ2n) is 3.91. The number of benzene rings is 1. The monoisotopic (exact) mass is 274 g/mol. The third-order valence-corrected chi connectivity index (χ3v) is 2.56. The molecule has 1 N–H and O–H groups in total. The maximum absolute atomic E-state index is 10.8. The van der Waals surface area contributed by atoms with Crippen LogP contribution in [0, 0.1) is 20.2 Å². The van der Waals surface area contributed by atoms with E-state index in [4.69, 9.17) is 0 Å². The summed E-state index contributed by atoms with van der Waals surface area (Å²) in [6, 6.07) is 9.16. The average Bonchev–Trinajstić information content (AvgIpc) is 2.45. The highest BCUT2D eigenvalue weighted by molar-refractivity contribution is 5.56. The lowest BCUT2D eigenvalue weighted by atomic mass is 10.2. The molecule has 8 heteroatoms. The summed E-state index contributed by atoms with van der Waals surface area (Å²) in [7, 11) is 0. The van der Waals surface area contributed by atoms with Gasteiger partial charge in [-0.3, -0.25) is 10.1 Å². The zero-order chi connectivity index (χ0) is 14.5. The van der Waals surface area contributed by atoms with Gasteiger partial charge in [0, 0.05) is 18.7 Å². The SMILES string of the molecule is O=[N+]([O-])c1cccc(CNc2cccnc2[N+](=O)[O-])c1. The molecule has 1 aromatic heterocycles.